The minimum atomic E-state index is -0.622. The Hall–Kier alpha value is -1.82. The quantitative estimate of drug-likeness (QED) is 0.698. The minimum Gasteiger partial charge on any atom is -0.491 e. The fourth-order valence-electron chi connectivity index (χ4n) is 2.12. The maximum atomic E-state index is 10.2. The van der Waals surface area contributed by atoms with E-state index in [1.807, 2.05) is 44.2 Å². The van der Waals surface area contributed by atoms with E-state index in [1.165, 1.54) is 0 Å². The summed E-state index contributed by atoms with van der Waals surface area (Å²) >= 11 is 0. The second-order valence-corrected chi connectivity index (χ2v) is 5.41. The fourth-order valence-corrected chi connectivity index (χ4v) is 2.12. The summed E-state index contributed by atoms with van der Waals surface area (Å²) in [5.74, 6) is 2.02. The van der Waals surface area contributed by atoms with E-state index in [1.54, 1.807) is 6.07 Å². The van der Waals surface area contributed by atoms with Crippen LogP contribution in [0.4, 0.5) is 0 Å². The molecule has 0 fully saturated rings. The lowest BCUT2D eigenvalue weighted by Crippen LogP contribution is -2.21. The van der Waals surface area contributed by atoms with Gasteiger partial charge in [0.1, 0.15) is 23.9 Å². The minimum absolute atomic E-state index is 0.102. The molecule has 1 unspecified atom stereocenters. The van der Waals surface area contributed by atoms with Gasteiger partial charge in [-0.1, -0.05) is 12.1 Å². The van der Waals surface area contributed by atoms with Crippen LogP contribution in [0.15, 0.2) is 40.8 Å². The van der Waals surface area contributed by atoms with E-state index in [4.69, 9.17) is 14.3 Å². The highest BCUT2D eigenvalue weighted by atomic mass is 16.5. The lowest BCUT2D eigenvalue weighted by atomic mass is 10.1. The van der Waals surface area contributed by atoms with Crippen LogP contribution in [-0.2, 0) is 13.2 Å². The van der Waals surface area contributed by atoms with Crippen molar-refractivity contribution in [2.45, 2.75) is 39.2 Å². The van der Waals surface area contributed by atoms with E-state index in [2.05, 4.69) is 5.32 Å². The number of aliphatic hydroxyl groups is 2. The first-order chi connectivity index (χ1) is 10.6. The molecule has 0 saturated heterocycles. The fraction of sp³-hybridized carbons (Fsp3) is 0.412. The van der Waals surface area contributed by atoms with E-state index in [0.29, 0.717) is 18.8 Å². The lowest BCUT2D eigenvalue weighted by Gasteiger charge is -2.14. The average molecular weight is 305 g/mol. The number of aliphatic hydroxyl groups excluding tert-OH is 2. The standard InChI is InChI=1S/C17H23NO4/c1-12(2)21-14-5-3-4-13(8-14)17(20)10-18-9-15-6-7-16(11-19)22-15/h3-8,12,17-20H,9-11H2,1-2H3. The topological polar surface area (TPSA) is 74.9 Å². The molecule has 3 N–H and O–H groups in total. The molecule has 0 amide bonds. The molecule has 120 valence electrons. The van der Waals surface area contributed by atoms with Crippen LogP contribution in [0.3, 0.4) is 0 Å². The van der Waals surface area contributed by atoms with Crippen LogP contribution in [0.2, 0.25) is 0 Å². The van der Waals surface area contributed by atoms with Crippen LogP contribution in [-0.4, -0.2) is 22.9 Å². The summed E-state index contributed by atoms with van der Waals surface area (Å²) in [5, 5.41) is 22.3. The summed E-state index contributed by atoms with van der Waals surface area (Å²) in [7, 11) is 0. The SMILES string of the molecule is CC(C)Oc1cccc(C(O)CNCc2ccc(CO)o2)c1. The summed E-state index contributed by atoms with van der Waals surface area (Å²) in [5.41, 5.74) is 0.807. The molecule has 0 spiro atoms. The zero-order valence-corrected chi connectivity index (χ0v) is 13.0. The van der Waals surface area contributed by atoms with Gasteiger partial charge in [0.15, 0.2) is 0 Å². The molecule has 22 heavy (non-hydrogen) atoms. The molecule has 1 heterocycles. The van der Waals surface area contributed by atoms with Crippen molar-refractivity contribution >= 4 is 0 Å². The Morgan fingerprint density at radius 3 is 2.64 bits per heavy atom. The van der Waals surface area contributed by atoms with Gasteiger partial charge in [-0.05, 0) is 43.7 Å². The Labute approximate surface area is 130 Å². The van der Waals surface area contributed by atoms with E-state index in [0.717, 1.165) is 17.1 Å². The molecule has 1 aromatic heterocycles. The van der Waals surface area contributed by atoms with Crippen molar-refractivity contribution in [1.29, 1.82) is 0 Å². The third kappa shape index (κ3) is 4.87. The molecule has 2 rings (SSSR count). The molecule has 0 aliphatic carbocycles. The molecule has 0 aliphatic heterocycles. The Morgan fingerprint density at radius 2 is 1.95 bits per heavy atom. The zero-order valence-electron chi connectivity index (χ0n) is 13.0. The van der Waals surface area contributed by atoms with Crippen molar-refractivity contribution < 1.29 is 19.4 Å². The maximum Gasteiger partial charge on any atom is 0.129 e. The first-order valence-electron chi connectivity index (χ1n) is 7.42. The summed E-state index contributed by atoms with van der Waals surface area (Å²) < 4.78 is 11.0. The molecule has 1 atom stereocenters. The van der Waals surface area contributed by atoms with Crippen molar-refractivity contribution in [3.8, 4) is 5.75 Å². The third-order valence-corrected chi connectivity index (χ3v) is 3.12. The Morgan fingerprint density at radius 1 is 1.18 bits per heavy atom. The van der Waals surface area contributed by atoms with Gasteiger partial charge in [-0.3, -0.25) is 0 Å². The summed E-state index contributed by atoms with van der Waals surface area (Å²) in [4.78, 5) is 0. The monoisotopic (exact) mass is 305 g/mol. The van der Waals surface area contributed by atoms with Crippen molar-refractivity contribution in [3.63, 3.8) is 0 Å². The van der Waals surface area contributed by atoms with Gasteiger partial charge in [-0.15, -0.1) is 0 Å². The summed E-state index contributed by atoms with van der Waals surface area (Å²) in [6.07, 6.45) is -0.520. The van der Waals surface area contributed by atoms with Crippen LogP contribution < -0.4 is 10.1 Å². The number of rotatable bonds is 8. The lowest BCUT2D eigenvalue weighted by molar-refractivity contribution is 0.171. The van der Waals surface area contributed by atoms with E-state index in [-0.39, 0.29) is 12.7 Å². The zero-order chi connectivity index (χ0) is 15.9. The van der Waals surface area contributed by atoms with Gasteiger partial charge in [0.25, 0.3) is 0 Å². The smallest absolute Gasteiger partial charge is 0.129 e. The average Bonchev–Trinajstić information content (AvgIpc) is 2.94. The van der Waals surface area contributed by atoms with Crippen LogP contribution in [0, 0.1) is 0 Å². The van der Waals surface area contributed by atoms with Crippen LogP contribution in [0.1, 0.15) is 37.0 Å². The Kier molecular flexibility index (Phi) is 6.00. The van der Waals surface area contributed by atoms with E-state index in [9.17, 15) is 5.11 Å². The first kappa shape index (κ1) is 16.5. The molecule has 5 heteroatoms. The van der Waals surface area contributed by atoms with Crippen LogP contribution in [0.5, 0.6) is 5.75 Å². The maximum absolute atomic E-state index is 10.2. The second kappa shape index (κ2) is 7.98. The van der Waals surface area contributed by atoms with Crippen LogP contribution >= 0.6 is 0 Å². The van der Waals surface area contributed by atoms with Gasteiger partial charge < -0.3 is 24.7 Å². The van der Waals surface area contributed by atoms with Gasteiger partial charge in [0.05, 0.1) is 18.8 Å². The first-order valence-corrected chi connectivity index (χ1v) is 7.42. The van der Waals surface area contributed by atoms with Gasteiger partial charge >= 0.3 is 0 Å². The van der Waals surface area contributed by atoms with Gasteiger partial charge in [0.2, 0.25) is 0 Å². The Balaban J connectivity index is 1.85. The number of furan rings is 1. The second-order valence-electron chi connectivity index (χ2n) is 5.41. The summed E-state index contributed by atoms with van der Waals surface area (Å²) in [6.45, 7) is 4.73. The molecule has 2 aromatic rings. The van der Waals surface area contributed by atoms with E-state index < -0.39 is 6.10 Å². The molecular weight excluding hydrogens is 282 g/mol. The normalized spacial score (nSPS) is 12.6. The molecule has 0 bridgehead atoms. The third-order valence-electron chi connectivity index (χ3n) is 3.12. The number of nitrogens with one attached hydrogen (secondary N) is 1. The molecule has 0 radical (unpaired) electrons. The van der Waals surface area contributed by atoms with Crippen LogP contribution in [0.25, 0.3) is 0 Å². The predicted molar refractivity (Wildman–Crippen MR) is 83.5 cm³/mol. The van der Waals surface area contributed by atoms with Gasteiger partial charge in [-0.25, -0.2) is 0 Å². The predicted octanol–water partition coefficient (Wildman–Crippen LogP) is 2.38. The largest absolute Gasteiger partial charge is 0.491 e. The molecule has 5 nitrogen and oxygen atoms in total. The van der Waals surface area contributed by atoms with Crippen molar-refractivity contribution in [1.82, 2.24) is 5.32 Å². The van der Waals surface area contributed by atoms with Crippen molar-refractivity contribution in [2.75, 3.05) is 6.54 Å². The van der Waals surface area contributed by atoms with Gasteiger partial charge in [0, 0.05) is 6.54 Å². The highest BCUT2D eigenvalue weighted by Crippen LogP contribution is 2.20. The summed E-state index contributed by atoms with van der Waals surface area (Å²) in [6, 6.07) is 11.0. The number of ether oxygens (including phenoxy) is 1. The molecule has 0 saturated carbocycles. The molecule has 0 aliphatic rings. The van der Waals surface area contributed by atoms with Crippen molar-refractivity contribution in [3.05, 3.63) is 53.5 Å². The number of benzene rings is 1. The van der Waals surface area contributed by atoms with Gasteiger partial charge in [-0.2, -0.15) is 0 Å². The highest BCUT2D eigenvalue weighted by Gasteiger charge is 2.09. The van der Waals surface area contributed by atoms with Crippen molar-refractivity contribution in [2.24, 2.45) is 0 Å². The Bertz CT molecular complexity index is 580. The van der Waals surface area contributed by atoms with E-state index >= 15 is 0 Å². The molecular formula is C17H23NO4. The number of hydrogen-bond donors (Lipinski definition) is 3. The molecule has 1 aromatic carbocycles. The number of hydrogen-bond acceptors (Lipinski definition) is 5. The highest BCUT2D eigenvalue weighted by molar-refractivity contribution is 5.30.